The van der Waals surface area contributed by atoms with Gasteiger partial charge in [0.05, 0.1) is 11.3 Å². The monoisotopic (exact) mass is 346 g/mol. The normalized spacial score (nSPS) is 11.4. The van der Waals surface area contributed by atoms with Gasteiger partial charge in [-0.25, -0.2) is 9.48 Å². The molecule has 0 radical (unpaired) electrons. The van der Waals surface area contributed by atoms with Crippen LogP contribution in [0.5, 0.6) is 5.88 Å². The summed E-state index contributed by atoms with van der Waals surface area (Å²) < 4.78 is 45.1. The maximum absolute atomic E-state index is 13.0. The summed E-state index contributed by atoms with van der Waals surface area (Å²) >= 11 is 0. The standard InChI is InChI=1S/C18H13F3N2O2/c1-12-7-9-14(10-8-12)23-16(11-15(22-23)18(19,20)21)25-17(24)13-5-3-2-4-6-13/h2-11H,1H3. The van der Waals surface area contributed by atoms with Crippen molar-refractivity contribution < 1.29 is 22.7 Å². The first-order chi connectivity index (χ1) is 11.8. The number of hydrogen-bond donors (Lipinski definition) is 0. The van der Waals surface area contributed by atoms with Crippen molar-refractivity contribution in [3.8, 4) is 11.6 Å². The van der Waals surface area contributed by atoms with Crippen molar-refractivity contribution in [2.75, 3.05) is 0 Å². The van der Waals surface area contributed by atoms with Crippen LogP contribution in [0.15, 0.2) is 60.7 Å². The second kappa shape index (κ2) is 6.43. The lowest BCUT2D eigenvalue weighted by Crippen LogP contribution is -2.11. The summed E-state index contributed by atoms with van der Waals surface area (Å²) in [5.41, 5.74) is 0.392. The Balaban J connectivity index is 2.00. The van der Waals surface area contributed by atoms with E-state index in [-0.39, 0.29) is 11.4 Å². The molecule has 1 heterocycles. The van der Waals surface area contributed by atoms with Gasteiger partial charge < -0.3 is 4.74 Å². The largest absolute Gasteiger partial charge is 0.435 e. The first-order valence-corrected chi connectivity index (χ1v) is 7.36. The molecule has 0 unspecified atom stereocenters. The van der Waals surface area contributed by atoms with Gasteiger partial charge in [-0.3, -0.25) is 0 Å². The molecule has 0 aliphatic carbocycles. The fraction of sp³-hybridized carbons (Fsp3) is 0.111. The summed E-state index contributed by atoms with van der Waals surface area (Å²) in [7, 11) is 0. The van der Waals surface area contributed by atoms with Gasteiger partial charge >= 0.3 is 12.1 Å². The van der Waals surface area contributed by atoms with Crippen molar-refractivity contribution in [3.63, 3.8) is 0 Å². The van der Waals surface area contributed by atoms with E-state index in [0.29, 0.717) is 11.8 Å². The molecule has 128 valence electrons. The molecule has 0 saturated heterocycles. The highest BCUT2D eigenvalue weighted by molar-refractivity contribution is 5.90. The van der Waals surface area contributed by atoms with Crippen molar-refractivity contribution in [1.29, 1.82) is 0 Å². The number of benzene rings is 2. The van der Waals surface area contributed by atoms with Crippen LogP contribution in [0.3, 0.4) is 0 Å². The Hall–Kier alpha value is -3.09. The minimum Gasteiger partial charge on any atom is -0.404 e. The lowest BCUT2D eigenvalue weighted by molar-refractivity contribution is -0.141. The average molecular weight is 346 g/mol. The number of rotatable bonds is 3. The van der Waals surface area contributed by atoms with Gasteiger partial charge in [-0.15, -0.1) is 0 Å². The van der Waals surface area contributed by atoms with Gasteiger partial charge in [0, 0.05) is 6.07 Å². The summed E-state index contributed by atoms with van der Waals surface area (Å²) in [5.74, 6) is -1.06. The van der Waals surface area contributed by atoms with E-state index in [9.17, 15) is 18.0 Å². The molecule has 0 N–H and O–H groups in total. The highest BCUT2D eigenvalue weighted by atomic mass is 19.4. The molecule has 0 saturated carbocycles. The molecule has 0 aliphatic heterocycles. The second-order valence-electron chi connectivity index (χ2n) is 5.37. The molecule has 3 aromatic rings. The zero-order chi connectivity index (χ0) is 18.0. The second-order valence-corrected chi connectivity index (χ2v) is 5.37. The molecule has 0 atom stereocenters. The summed E-state index contributed by atoms with van der Waals surface area (Å²) in [6.45, 7) is 1.85. The lowest BCUT2D eigenvalue weighted by atomic mass is 10.2. The molecule has 0 bridgehead atoms. The number of nitrogens with zero attached hydrogens (tertiary/aromatic N) is 2. The van der Waals surface area contributed by atoms with Crippen molar-refractivity contribution in [2.45, 2.75) is 13.1 Å². The predicted molar refractivity (Wildman–Crippen MR) is 84.7 cm³/mol. The fourth-order valence-electron chi connectivity index (χ4n) is 2.17. The average Bonchev–Trinajstić information content (AvgIpc) is 3.00. The van der Waals surface area contributed by atoms with Crippen LogP contribution < -0.4 is 4.74 Å². The van der Waals surface area contributed by atoms with Crippen LogP contribution in [0.4, 0.5) is 13.2 Å². The SMILES string of the molecule is Cc1ccc(-n2nc(C(F)(F)F)cc2OC(=O)c2ccccc2)cc1. The molecule has 0 spiro atoms. The lowest BCUT2D eigenvalue weighted by Gasteiger charge is -2.08. The van der Waals surface area contributed by atoms with Gasteiger partial charge in [0.25, 0.3) is 0 Å². The summed E-state index contributed by atoms with van der Waals surface area (Å²) in [6, 6.07) is 15.4. The van der Waals surface area contributed by atoms with E-state index >= 15 is 0 Å². The molecule has 3 rings (SSSR count). The number of aryl methyl sites for hydroxylation is 1. The number of ether oxygens (including phenoxy) is 1. The van der Waals surface area contributed by atoms with Crippen LogP contribution in [0, 0.1) is 6.92 Å². The Kier molecular flexibility index (Phi) is 4.31. The van der Waals surface area contributed by atoms with Crippen molar-refractivity contribution in [1.82, 2.24) is 9.78 Å². The topological polar surface area (TPSA) is 44.1 Å². The summed E-state index contributed by atoms with van der Waals surface area (Å²) in [4.78, 5) is 12.2. The van der Waals surface area contributed by atoms with Gasteiger partial charge in [-0.2, -0.15) is 18.3 Å². The molecule has 4 nitrogen and oxygen atoms in total. The highest BCUT2D eigenvalue weighted by Crippen LogP contribution is 2.32. The number of halogens is 3. The maximum Gasteiger partial charge on any atom is 0.435 e. The van der Waals surface area contributed by atoms with E-state index in [0.717, 1.165) is 10.2 Å². The Bertz CT molecular complexity index is 885. The number of alkyl halides is 3. The zero-order valence-electron chi connectivity index (χ0n) is 13.1. The van der Waals surface area contributed by atoms with Crippen molar-refractivity contribution in [3.05, 3.63) is 77.5 Å². The Morgan fingerprint density at radius 1 is 1.04 bits per heavy atom. The van der Waals surface area contributed by atoms with E-state index in [1.54, 1.807) is 42.5 Å². The highest BCUT2D eigenvalue weighted by Gasteiger charge is 2.36. The molecule has 0 aliphatic rings. The third-order valence-electron chi connectivity index (χ3n) is 3.45. The third kappa shape index (κ3) is 3.71. The van der Waals surface area contributed by atoms with Gasteiger partial charge in [-0.05, 0) is 31.2 Å². The molecule has 0 fully saturated rings. The molecular formula is C18H13F3N2O2. The zero-order valence-corrected chi connectivity index (χ0v) is 13.1. The van der Waals surface area contributed by atoms with Gasteiger partial charge in [-0.1, -0.05) is 35.9 Å². The number of carbonyl (C=O) groups excluding carboxylic acids is 1. The van der Waals surface area contributed by atoms with Crippen LogP contribution >= 0.6 is 0 Å². The van der Waals surface area contributed by atoms with Crippen molar-refractivity contribution >= 4 is 5.97 Å². The molecule has 0 amide bonds. The van der Waals surface area contributed by atoms with Gasteiger partial charge in [0.2, 0.25) is 5.88 Å². The van der Waals surface area contributed by atoms with Gasteiger partial charge in [0.15, 0.2) is 5.69 Å². The van der Waals surface area contributed by atoms with Crippen LogP contribution in [0.1, 0.15) is 21.6 Å². The van der Waals surface area contributed by atoms with E-state index in [1.807, 2.05) is 6.92 Å². The Morgan fingerprint density at radius 2 is 1.68 bits per heavy atom. The minimum atomic E-state index is -4.65. The van der Waals surface area contributed by atoms with Crippen LogP contribution in [-0.4, -0.2) is 15.7 Å². The summed E-state index contributed by atoms with van der Waals surface area (Å²) in [6.07, 6.45) is -4.65. The number of hydrogen-bond acceptors (Lipinski definition) is 3. The first kappa shape index (κ1) is 16.8. The van der Waals surface area contributed by atoms with Crippen LogP contribution in [0.2, 0.25) is 0 Å². The maximum atomic E-state index is 13.0. The number of esters is 1. The smallest absolute Gasteiger partial charge is 0.404 e. The fourth-order valence-corrected chi connectivity index (χ4v) is 2.17. The molecule has 1 aromatic heterocycles. The molecular weight excluding hydrogens is 333 g/mol. The number of carbonyl (C=O) groups is 1. The van der Waals surface area contributed by atoms with Crippen LogP contribution in [0.25, 0.3) is 5.69 Å². The quantitative estimate of drug-likeness (QED) is 0.660. The van der Waals surface area contributed by atoms with Crippen LogP contribution in [-0.2, 0) is 6.18 Å². The number of aromatic nitrogens is 2. The van der Waals surface area contributed by atoms with E-state index in [1.165, 1.54) is 12.1 Å². The van der Waals surface area contributed by atoms with Gasteiger partial charge in [0.1, 0.15) is 0 Å². The first-order valence-electron chi connectivity index (χ1n) is 7.36. The van der Waals surface area contributed by atoms with E-state index < -0.39 is 17.8 Å². The Labute approximate surface area is 141 Å². The minimum absolute atomic E-state index is 0.229. The van der Waals surface area contributed by atoms with E-state index in [4.69, 9.17) is 4.74 Å². The Morgan fingerprint density at radius 3 is 2.28 bits per heavy atom. The molecule has 25 heavy (non-hydrogen) atoms. The van der Waals surface area contributed by atoms with E-state index in [2.05, 4.69) is 5.10 Å². The predicted octanol–water partition coefficient (Wildman–Crippen LogP) is 4.42. The summed E-state index contributed by atoms with van der Waals surface area (Å²) in [5, 5.41) is 3.54. The third-order valence-corrected chi connectivity index (χ3v) is 3.45. The molecule has 7 heteroatoms. The molecule has 2 aromatic carbocycles. The van der Waals surface area contributed by atoms with Crippen molar-refractivity contribution in [2.24, 2.45) is 0 Å².